The fourth-order valence-electron chi connectivity index (χ4n) is 0. The van der Waals surface area contributed by atoms with Gasteiger partial charge in [0.05, 0.1) is 0 Å². The van der Waals surface area contributed by atoms with Gasteiger partial charge in [0.2, 0.25) is 0 Å². The van der Waals surface area contributed by atoms with Crippen molar-refractivity contribution in [1.82, 2.24) is 0 Å². The van der Waals surface area contributed by atoms with Gasteiger partial charge in [-0.1, -0.05) is 20.3 Å². The van der Waals surface area contributed by atoms with E-state index in [0.29, 0.717) is 0 Å². The monoisotopic (exact) mass is 180 g/mol. The molecule has 0 saturated carbocycles. The molecule has 0 unspecified atom stereocenters. The van der Waals surface area contributed by atoms with Crippen LogP contribution in [0.25, 0.3) is 0 Å². The van der Waals surface area contributed by atoms with Crippen molar-refractivity contribution >= 4 is 0 Å². The Hall–Kier alpha value is 0.662. The second-order valence-corrected chi connectivity index (χ2v) is 0.707. The quantitative estimate of drug-likeness (QED) is 0.397. The Labute approximate surface area is 56.0 Å². The van der Waals surface area contributed by atoms with Crippen LogP contribution in [-0.4, -0.2) is 0 Å². The summed E-state index contributed by atoms with van der Waals surface area (Å²) in [6, 6.07) is 0. The third kappa shape index (κ3) is 143. The molecule has 0 aliphatic carbocycles. The van der Waals surface area contributed by atoms with Crippen molar-refractivity contribution in [1.29, 1.82) is 0 Å². The first-order chi connectivity index (χ1) is 1.41. The molecule has 0 nitrogen and oxygen atoms in total. The first-order valence-corrected chi connectivity index (χ1v) is 1.41. The van der Waals surface area contributed by atoms with Crippen LogP contribution < -0.4 is 0 Å². The van der Waals surface area contributed by atoms with Gasteiger partial charge in [-0.15, -0.1) is 0 Å². The van der Waals surface area contributed by atoms with Crippen molar-refractivity contribution in [3.8, 4) is 0 Å². The number of hydrogen-bond donors (Lipinski definition) is 0. The molecule has 6 heavy (non-hydrogen) atoms. The van der Waals surface area contributed by atoms with E-state index < -0.39 is 0 Å². The van der Waals surface area contributed by atoms with Gasteiger partial charge in [0.1, 0.15) is 0 Å². The van der Waals surface area contributed by atoms with Crippen molar-refractivity contribution < 1.29 is 20.4 Å². The van der Waals surface area contributed by atoms with Gasteiger partial charge < -0.3 is 14.9 Å². The Morgan fingerprint density at radius 2 is 1.00 bits per heavy atom. The molecule has 0 saturated heterocycles. The maximum atomic E-state index is 2.12. The van der Waals surface area contributed by atoms with Crippen LogP contribution in [0.3, 0.4) is 0 Å². The van der Waals surface area contributed by atoms with Gasteiger partial charge in [0, 0.05) is 20.4 Å². The summed E-state index contributed by atoms with van der Waals surface area (Å²) in [5.41, 5.74) is 0. The summed E-state index contributed by atoms with van der Waals surface area (Å²) in [6.07, 6.45) is 1.25. The third-order valence-corrected chi connectivity index (χ3v) is 0. The largest absolute Gasteiger partial charge is 0.358 e. The first-order valence-electron chi connectivity index (χ1n) is 1.41. The molecule has 0 aromatic carbocycles. The fourth-order valence-corrected chi connectivity index (χ4v) is 0. The predicted octanol–water partition coefficient (Wildman–Crippen LogP) is 2.31. The predicted molar refractivity (Wildman–Crippen MR) is 28.8 cm³/mol. The molecule has 0 radical (unpaired) electrons. The van der Waals surface area contributed by atoms with Crippen molar-refractivity contribution in [3.63, 3.8) is 0 Å². The Morgan fingerprint density at radius 1 is 1.00 bits per heavy atom. The van der Waals surface area contributed by atoms with Crippen LogP contribution in [-0.2, 0) is 20.4 Å². The summed E-state index contributed by atoms with van der Waals surface area (Å²) in [4.78, 5) is 0. The van der Waals surface area contributed by atoms with Crippen molar-refractivity contribution in [2.45, 2.75) is 20.3 Å². The van der Waals surface area contributed by atoms with Crippen molar-refractivity contribution in [2.24, 2.45) is 0 Å². The second-order valence-electron chi connectivity index (χ2n) is 0.707. The van der Waals surface area contributed by atoms with Crippen molar-refractivity contribution in [2.75, 3.05) is 0 Å². The molecular formula is C5H14Pd-2. The Bertz CT molecular complexity index is 3.90. The van der Waals surface area contributed by atoms with Gasteiger partial charge in [-0.3, -0.25) is 0 Å². The van der Waals surface area contributed by atoms with Crippen LogP contribution in [0, 0.1) is 14.9 Å². The molecule has 0 amide bonds. The maximum absolute atomic E-state index is 2.12. The Morgan fingerprint density at radius 3 is 1.00 bits per heavy atom. The molecule has 0 rings (SSSR count). The summed E-state index contributed by atoms with van der Waals surface area (Å²) in [7, 11) is 0. The van der Waals surface area contributed by atoms with Crippen LogP contribution in [0.4, 0.5) is 0 Å². The van der Waals surface area contributed by atoms with E-state index in [1.807, 2.05) is 0 Å². The average molecular weight is 181 g/mol. The normalized spacial score (nSPS) is 3.00. The Balaban J connectivity index is -0.00000000667. The average Bonchev–Trinajstić information content (AvgIpc) is 0.918. The van der Waals surface area contributed by atoms with Gasteiger partial charge in [0.25, 0.3) is 0 Å². The van der Waals surface area contributed by atoms with Crippen LogP contribution >= 0.6 is 0 Å². The van der Waals surface area contributed by atoms with E-state index in [-0.39, 0.29) is 35.3 Å². The summed E-state index contributed by atoms with van der Waals surface area (Å²) in [5, 5.41) is 0. The standard InChI is InChI=1S/C3H8.2CH3.Pd/c1-3-2;;;/h3H2,1-2H3;2*1H3;/q;2*-1;. The third-order valence-electron chi connectivity index (χ3n) is 0. The van der Waals surface area contributed by atoms with E-state index in [1.165, 1.54) is 6.42 Å². The smallest absolute Gasteiger partial charge is 0 e. The van der Waals surface area contributed by atoms with E-state index in [4.69, 9.17) is 0 Å². The molecule has 1 heteroatoms. The van der Waals surface area contributed by atoms with E-state index in [1.54, 1.807) is 0 Å². The molecule has 0 aromatic rings. The molecule has 0 fully saturated rings. The summed E-state index contributed by atoms with van der Waals surface area (Å²) >= 11 is 0. The summed E-state index contributed by atoms with van der Waals surface area (Å²) in [6.45, 7) is 4.25. The Kier molecular flexibility index (Phi) is 224. The minimum Gasteiger partial charge on any atom is -0.358 e. The van der Waals surface area contributed by atoms with Crippen LogP contribution in [0.15, 0.2) is 0 Å². The molecule has 46 valence electrons. The van der Waals surface area contributed by atoms with E-state index in [0.717, 1.165) is 0 Å². The zero-order valence-electron chi connectivity index (χ0n) is 5.02. The fraction of sp³-hybridized carbons (Fsp3) is 0.600. The molecule has 0 aliphatic rings. The number of hydrogen-bond acceptors (Lipinski definition) is 0. The zero-order chi connectivity index (χ0) is 2.71. The summed E-state index contributed by atoms with van der Waals surface area (Å²) in [5.74, 6) is 0. The molecule has 0 aromatic heterocycles. The SMILES string of the molecule is CCC.[CH3-].[CH3-].[Pd]. The van der Waals surface area contributed by atoms with Gasteiger partial charge in [-0.05, 0) is 0 Å². The van der Waals surface area contributed by atoms with Crippen LogP contribution in [0.1, 0.15) is 20.3 Å². The minimum atomic E-state index is 0. The zero-order valence-corrected chi connectivity index (χ0v) is 6.58. The topological polar surface area (TPSA) is 0 Å². The molecule has 0 N–H and O–H groups in total. The van der Waals surface area contributed by atoms with E-state index in [9.17, 15) is 0 Å². The van der Waals surface area contributed by atoms with Gasteiger partial charge in [-0.25, -0.2) is 0 Å². The van der Waals surface area contributed by atoms with Gasteiger partial charge in [-0.2, -0.15) is 0 Å². The van der Waals surface area contributed by atoms with Gasteiger partial charge >= 0.3 is 0 Å². The second kappa shape index (κ2) is 44.5. The maximum Gasteiger partial charge on any atom is 0 e. The summed E-state index contributed by atoms with van der Waals surface area (Å²) < 4.78 is 0. The van der Waals surface area contributed by atoms with Crippen LogP contribution in [0.2, 0.25) is 0 Å². The molecule has 0 bridgehead atoms. The minimum absolute atomic E-state index is 0. The molecule has 0 spiro atoms. The molecule has 0 atom stereocenters. The molecule has 0 heterocycles. The number of rotatable bonds is 0. The van der Waals surface area contributed by atoms with E-state index >= 15 is 0 Å². The first kappa shape index (κ1) is 30.1. The van der Waals surface area contributed by atoms with Crippen LogP contribution in [0.5, 0.6) is 0 Å². The van der Waals surface area contributed by atoms with E-state index in [2.05, 4.69) is 13.8 Å². The van der Waals surface area contributed by atoms with Gasteiger partial charge in [0.15, 0.2) is 0 Å². The van der Waals surface area contributed by atoms with Crippen molar-refractivity contribution in [3.05, 3.63) is 14.9 Å². The molecular weight excluding hydrogens is 166 g/mol. The molecule has 0 aliphatic heterocycles.